The Labute approximate surface area is 153 Å². The molecule has 0 saturated carbocycles. The molecule has 1 heterocycles. The quantitative estimate of drug-likeness (QED) is 0.860. The third kappa shape index (κ3) is 4.68. The zero-order valence-electron chi connectivity index (χ0n) is 14.9. The number of rotatable bonds is 5. The van der Waals surface area contributed by atoms with Crippen LogP contribution in [-0.4, -0.2) is 54.8 Å². The highest BCUT2D eigenvalue weighted by molar-refractivity contribution is 6.05. The van der Waals surface area contributed by atoms with Gasteiger partial charge in [-0.1, -0.05) is 18.2 Å². The molecule has 0 aromatic heterocycles. The van der Waals surface area contributed by atoms with E-state index in [1.165, 1.54) is 5.56 Å². The fourth-order valence-corrected chi connectivity index (χ4v) is 2.98. The first-order chi connectivity index (χ1) is 12.5. The van der Waals surface area contributed by atoms with E-state index in [2.05, 4.69) is 22.2 Å². The van der Waals surface area contributed by atoms with E-state index in [0.29, 0.717) is 16.8 Å². The number of carbonyl (C=O) groups is 2. The van der Waals surface area contributed by atoms with Crippen molar-refractivity contribution in [2.24, 2.45) is 5.73 Å². The second kappa shape index (κ2) is 8.12. The van der Waals surface area contributed by atoms with E-state index in [1.807, 2.05) is 24.3 Å². The van der Waals surface area contributed by atoms with Gasteiger partial charge in [0.15, 0.2) is 0 Å². The third-order valence-corrected chi connectivity index (χ3v) is 4.62. The highest BCUT2D eigenvalue weighted by Crippen LogP contribution is 2.14. The van der Waals surface area contributed by atoms with Crippen LogP contribution in [0.25, 0.3) is 0 Å². The van der Waals surface area contributed by atoms with Gasteiger partial charge in [0, 0.05) is 49.5 Å². The molecule has 0 aliphatic carbocycles. The maximum Gasteiger partial charge on any atom is 0.255 e. The zero-order valence-corrected chi connectivity index (χ0v) is 14.9. The molecule has 0 bridgehead atoms. The van der Waals surface area contributed by atoms with Gasteiger partial charge in [0.2, 0.25) is 5.91 Å². The Morgan fingerprint density at radius 3 is 2.35 bits per heavy atom. The van der Waals surface area contributed by atoms with E-state index in [1.54, 1.807) is 24.3 Å². The lowest BCUT2D eigenvalue weighted by molar-refractivity contribution is 0.0996. The molecule has 0 atom stereocenters. The first kappa shape index (κ1) is 18.1. The average Bonchev–Trinajstić information content (AvgIpc) is 2.64. The molecule has 26 heavy (non-hydrogen) atoms. The molecule has 6 nitrogen and oxygen atoms in total. The summed E-state index contributed by atoms with van der Waals surface area (Å²) in [6.45, 7) is 5.20. The Morgan fingerprint density at radius 1 is 1.00 bits per heavy atom. The minimum absolute atomic E-state index is 0.210. The summed E-state index contributed by atoms with van der Waals surface area (Å²) in [5.41, 5.74) is 7.96. The van der Waals surface area contributed by atoms with Crippen molar-refractivity contribution in [3.63, 3.8) is 0 Å². The molecule has 2 aromatic carbocycles. The van der Waals surface area contributed by atoms with E-state index in [0.717, 1.165) is 32.7 Å². The summed E-state index contributed by atoms with van der Waals surface area (Å²) in [6, 6.07) is 14.3. The number of piperazine rings is 1. The fraction of sp³-hybridized carbons (Fsp3) is 0.300. The van der Waals surface area contributed by atoms with Gasteiger partial charge in [0.25, 0.3) is 5.91 Å². The zero-order chi connectivity index (χ0) is 18.5. The van der Waals surface area contributed by atoms with E-state index < -0.39 is 5.91 Å². The Bertz CT molecular complexity index is 781. The molecule has 1 fully saturated rings. The number of anilines is 1. The lowest BCUT2D eigenvalue weighted by Crippen LogP contribution is -2.43. The number of amides is 2. The van der Waals surface area contributed by atoms with Gasteiger partial charge in [0.1, 0.15) is 0 Å². The number of nitrogens with zero attached hydrogens (tertiary/aromatic N) is 2. The summed E-state index contributed by atoms with van der Waals surface area (Å²) >= 11 is 0. The second-order valence-corrected chi connectivity index (χ2v) is 6.68. The Kier molecular flexibility index (Phi) is 5.65. The van der Waals surface area contributed by atoms with Gasteiger partial charge in [-0.2, -0.15) is 0 Å². The molecule has 3 rings (SSSR count). The SMILES string of the molecule is CN1CCN(Cc2ccc(C(=O)Nc3cccc(C(N)=O)c3)cc2)CC1. The van der Waals surface area contributed by atoms with Gasteiger partial charge in [-0.3, -0.25) is 14.5 Å². The monoisotopic (exact) mass is 352 g/mol. The first-order valence-corrected chi connectivity index (χ1v) is 8.72. The van der Waals surface area contributed by atoms with Crippen LogP contribution in [0.15, 0.2) is 48.5 Å². The van der Waals surface area contributed by atoms with Crippen LogP contribution in [-0.2, 0) is 6.54 Å². The van der Waals surface area contributed by atoms with Crippen molar-refractivity contribution in [3.8, 4) is 0 Å². The molecule has 136 valence electrons. The second-order valence-electron chi connectivity index (χ2n) is 6.68. The summed E-state index contributed by atoms with van der Waals surface area (Å²) in [4.78, 5) is 28.4. The van der Waals surface area contributed by atoms with Crippen molar-refractivity contribution in [2.75, 3.05) is 38.5 Å². The number of likely N-dealkylation sites (N-methyl/N-ethyl adjacent to an activating group) is 1. The molecule has 1 aliphatic heterocycles. The van der Waals surface area contributed by atoms with Crippen molar-refractivity contribution in [1.29, 1.82) is 0 Å². The Hall–Kier alpha value is -2.70. The topological polar surface area (TPSA) is 78.7 Å². The van der Waals surface area contributed by atoms with Crippen LogP contribution in [0, 0.1) is 0 Å². The van der Waals surface area contributed by atoms with Crippen molar-refractivity contribution < 1.29 is 9.59 Å². The fourth-order valence-electron chi connectivity index (χ4n) is 2.98. The largest absolute Gasteiger partial charge is 0.366 e. The van der Waals surface area contributed by atoms with Gasteiger partial charge < -0.3 is 16.0 Å². The molecule has 0 radical (unpaired) electrons. The highest BCUT2D eigenvalue weighted by atomic mass is 16.2. The lowest BCUT2D eigenvalue weighted by Gasteiger charge is -2.32. The van der Waals surface area contributed by atoms with Gasteiger partial charge in [0.05, 0.1) is 0 Å². The maximum absolute atomic E-state index is 12.4. The first-order valence-electron chi connectivity index (χ1n) is 8.72. The molecule has 2 aromatic rings. The lowest BCUT2D eigenvalue weighted by atomic mass is 10.1. The number of benzene rings is 2. The minimum Gasteiger partial charge on any atom is -0.366 e. The van der Waals surface area contributed by atoms with E-state index in [4.69, 9.17) is 5.73 Å². The average molecular weight is 352 g/mol. The highest BCUT2D eigenvalue weighted by Gasteiger charge is 2.14. The summed E-state index contributed by atoms with van der Waals surface area (Å²) < 4.78 is 0. The van der Waals surface area contributed by atoms with E-state index >= 15 is 0 Å². The van der Waals surface area contributed by atoms with Crippen molar-refractivity contribution in [1.82, 2.24) is 9.80 Å². The number of primary amides is 1. The molecular weight excluding hydrogens is 328 g/mol. The van der Waals surface area contributed by atoms with Crippen LogP contribution < -0.4 is 11.1 Å². The number of nitrogens with two attached hydrogens (primary N) is 1. The van der Waals surface area contributed by atoms with Crippen LogP contribution in [0.2, 0.25) is 0 Å². The van der Waals surface area contributed by atoms with E-state index in [-0.39, 0.29) is 5.91 Å². The number of hydrogen-bond donors (Lipinski definition) is 2. The van der Waals surface area contributed by atoms with Crippen molar-refractivity contribution in [2.45, 2.75) is 6.54 Å². The Morgan fingerprint density at radius 2 is 1.69 bits per heavy atom. The van der Waals surface area contributed by atoms with Crippen LogP contribution in [0.5, 0.6) is 0 Å². The van der Waals surface area contributed by atoms with Gasteiger partial charge in [-0.25, -0.2) is 0 Å². The van der Waals surface area contributed by atoms with Crippen LogP contribution >= 0.6 is 0 Å². The summed E-state index contributed by atoms with van der Waals surface area (Å²) in [7, 11) is 2.14. The number of nitrogens with one attached hydrogen (secondary N) is 1. The predicted molar refractivity (Wildman–Crippen MR) is 102 cm³/mol. The maximum atomic E-state index is 12.4. The van der Waals surface area contributed by atoms with Gasteiger partial charge in [-0.15, -0.1) is 0 Å². The molecule has 3 N–H and O–H groups in total. The van der Waals surface area contributed by atoms with Crippen molar-refractivity contribution in [3.05, 3.63) is 65.2 Å². The summed E-state index contributed by atoms with van der Waals surface area (Å²) in [6.07, 6.45) is 0. The van der Waals surface area contributed by atoms with Gasteiger partial charge >= 0.3 is 0 Å². The normalized spacial score (nSPS) is 15.6. The molecule has 2 amide bonds. The van der Waals surface area contributed by atoms with Crippen LogP contribution in [0.1, 0.15) is 26.3 Å². The number of hydrogen-bond acceptors (Lipinski definition) is 4. The minimum atomic E-state index is -0.519. The standard InChI is InChI=1S/C20H24N4O2/c1-23-9-11-24(12-10-23)14-15-5-7-16(8-6-15)20(26)22-18-4-2-3-17(13-18)19(21)25/h2-8,13H,9-12,14H2,1H3,(H2,21,25)(H,22,26). The van der Waals surface area contributed by atoms with Gasteiger partial charge in [-0.05, 0) is 42.9 Å². The van der Waals surface area contributed by atoms with Crippen molar-refractivity contribution >= 4 is 17.5 Å². The molecule has 1 saturated heterocycles. The molecular formula is C20H24N4O2. The summed E-state index contributed by atoms with van der Waals surface area (Å²) in [5, 5.41) is 2.80. The Balaban J connectivity index is 1.60. The molecule has 1 aliphatic rings. The van der Waals surface area contributed by atoms with Crippen LogP contribution in [0.4, 0.5) is 5.69 Å². The molecule has 0 unspecified atom stereocenters. The number of carbonyl (C=O) groups excluding carboxylic acids is 2. The summed E-state index contributed by atoms with van der Waals surface area (Å²) in [5.74, 6) is -0.730. The predicted octanol–water partition coefficient (Wildman–Crippen LogP) is 1.79. The van der Waals surface area contributed by atoms with E-state index in [9.17, 15) is 9.59 Å². The third-order valence-electron chi connectivity index (χ3n) is 4.62. The van der Waals surface area contributed by atoms with Crippen LogP contribution in [0.3, 0.4) is 0 Å². The molecule has 6 heteroatoms. The smallest absolute Gasteiger partial charge is 0.255 e. The molecule has 0 spiro atoms.